The Morgan fingerprint density at radius 1 is 1.14 bits per heavy atom. The van der Waals surface area contributed by atoms with Crippen LogP contribution in [0.5, 0.6) is 0 Å². The largest absolute Gasteiger partial charge is 0.445 e. The predicted molar refractivity (Wildman–Crippen MR) is 107 cm³/mol. The molecule has 1 aromatic heterocycles. The fraction of sp³-hybridized carbons (Fsp3) is 0.105. The molecule has 0 fully saturated rings. The zero-order valence-corrected chi connectivity index (χ0v) is 15.7. The number of benzene rings is 2. The van der Waals surface area contributed by atoms with Crippen molar-refractivity contribution in [1.82, 2.24) is 10.2 Å². The molecule has 1 amide bonds. The number of carbonyl (C=O) groups is 1. The summed E-state index contributed by atoms with van der Waals surface area (Å²) in [7, 11) is 0. The summed E-state index contributed by atoms with van der Waals surface area (Å²) >= 11 is 0.444. The van der Waals surface area contributed by atoms with Crippen molar-refractivity contribution in [2.24, 2.45) is 0 Å². The maximum atomic E-state index is 12.6. The van der Waals surface area contributed by atoms with Crippen LogP contribution < -0.4 is 16.4 Å². The van der Waals surface area contributed by atoms with Crippen molar-refractivity contribution >= 4 is 39.8 Å². The summed E-state index contributed by atoms with van der Waals surface area (Å²) in [5.74, 6) is -0.333. The van der Waals surface area contributed by atoms with Gasteiger partial charge < -0.3 is 16.4 Å². The highest BCUT2D eigenvalue weighted by Gasteiger charge is 2.35. The molecule has 150 valence electrons. The van der Waals surface area contributed by atoms with Gasteiger partial charge in [-0.25, -0.2) is 0 Å². The number of hydrogen-bond donors (Lipinski definition) is 3. The van der Waals surface area contributed by atoms with E-state index in [1.165, 1.54) is 6.08 Å². The molecule has 6 nitrogen and oxygen atoms in total. The third-order valence-electron chi connectivity index (χ3n) is 3.71. The molecule has 0 aliphatic heterocycles. The van der Waals surface area contributed by atoms with Gasteiger partial charge in [0.1, 0.15) is 0 Å². The maximum Gasteiger partial charge on any atom is 0.445 e. The molecule has 0 radical (unpaired) electrons. The topological polar surface area (TPSA) is 92.9 Å². The number of nitrogens with zero attached hydrogens (tertiary/aromatic N) is 2. The van der Waals surface area contributed by atoms with Crippen LogP contribution in [0.15, 0.2) is 54.6 Å². The summed E-state index contributed by atoms with van der Waals surface area (Å²) in [6.07, 6.45) is -1.50. The van der Waals surface area contributed by atoms with Crippen molar-refractivity contribution in [3.05, 3.63) is 70.7 Å². The van der Waals surface area contributed by atoms with Gasteiger partial charge in [-0.1, -0.05) is 41.7 Å². The molecule has 0 unspecified atom stereocenters. The molecule has 0 atom stereocenters. The van der Waals surface area contributed by atoms with E-state index in [0.717, 1.165) is 11.1 Å². The second kappa shape index (κ2) is 8.74. The summed E-state index contributed by atoms with van der Waals surface area (Å²) in [6.45, 7) is 0.265. The van der Waals surface area contributed by atoms with Crippen LogP contribution in [0.1, 0.15) is 16.1 Å². The lowest BCUT2D eigenvalue weighted by atomic mass is 10.1. The molecule has 2 aromatic carbocycles. The Hall–Kier alpha value is -3.40. The normalized spacial score (nSPS) is 11.6. The molecule has 4 N–H and O–H groups in total. The smallest absolute Gasteiger partial charge is 0.397 e. The fourth-order valence-electron chi connectivity index (χ4n) is 2.35. The molecule has 0 aliphatic rings. The zero-order valence-electron chi connectivity index (χ0n) is 14.9. The van der Waals surface area contributed by atoms with E-state index in [9.17, 15) is 18.0 Å². The van der Waals surface area contributed by atoms with E-state index >= 15 is 0 Å². The molecule has 3 rings (SSSR count). The Morgan fingerprint density at radius 3 is 2.66 bits per heavy atom. The molecule has 0 saturated carbocycles. The number of anilines is 3. The highest BCUT2D eigenvalue weighted by atomic mass is 32.1. The van der Waals surface area contributed by atoms with Crippen LogP contribution >= 0.6 is 11.3 Å². The number of para-hydroxylation sites is 2. The number of nitrogens with two attached hydrogens (primary N) is 1. The Balaban J connectivity index is 1.59. The number of halogens is 3. The van der Waals surface area contributed by atoms with Crippen LogP contribution in [0.4, 0.5) is 29.7 Å². The third-order valence-corrected chi connectivity index (χ3v) is 4.63. The Morgan fingerprint density at radius 2 is 1.93 bits per heavy atom. The zero-order chi connectivity index (χ0) is 20.9. The van der Waals surface area contributed by atoms with Crippen LogP contribution in [0.2, 0.25) is 0 Å². The first-order chi connectivity index (χ1) is 13.8. The minimum Gasteiger partial charge on any atom is -0.397 e. The summed E-state index contributed by atoms with van der Waals surface area (Å²) in [6, 6.07) is 14.1. The summed E-state index contributed by atoms with van der Waals surface area (Å²) < 4.78 is 37.7. The lowest BCUT2D eigenvalue weighted by Crippen LogP contribution is -2.09. The Bertz CT molecular complexity index is 1030. The van der Waals surface area contributed by atoms with Gasteiger partial charge in [0, 0.05) is 12.6 Å². The predicted octanol–water partition coefficient (Wildman–Crippen LogP) is 4.40. The van der Waals surface area contributed by atoms with Crippen molar-refractivity contribution in [2.45, 2.75) is 12.7 Å². The standard InChI is InChI=1S/C19H16F3N5OS/c20-19(21,22)17-26-27-18(29-17)24-11-13-5-3-4-12(10-13)8-9-16(28)25-15-7-2-1-6-14(15)23/h1-10H,11,23H2,(H,24,27)(H,25,28)/b9-8+. The van der Waals surface area contributed by atoms with Crippen molar-refractivity contribution in [3.63, 3.8) is 0 Å². The quantitative estimate of drug-likeness (QED) is 0.407. The Labute approximate surface area is 168 Å². The minimum atomic E-state index is -4.51. The fourth-order valence-corrected chi connectivity index (χ4v) is 2.96. The van der Waals surface area contributed by atoms with Gasteiger partial charge in [0.25, 0.3) is 0 Å². The number of hydrogen-bond acceptors (Lipinski definition) is 6. The van der Waals surface area contributed by atoms with Crippen LogP contribution in [-0.4, -0.2) is 16.1 Å². The maximum absolute atomic E-state index is 12.6. The third kappa shape index (κ3) is 5.79. The molecule has 0 spiro atoms. The van der Waals surface area contributed by atoms with Gasteiger partial charge >= 0.3 is 6.18 Å². The van der Waals surface area contributed by atoms with Gasteiger partial charge in [-0.05, 0) is 35.4 Å². The average molecular weight is 419 g/mol. The highest BCUT2D eigenvalue weighted by molar-refractivity contribution is 7.15. The second-order valence-electron chi connectivity index (χ2n) is 5.92. The summed E-state index contributed by atoms with van der Waals surface area (Å²) in [5.41, 5.74) is 8.34. The molecule has 29 heavy (non-hydrogen) atoms. The first kappa shape index (κ1) is 20.3. The molecule has 10 heteroatoms. The molecule has 3 aromatic rings. The first-order valence-electron chi connectivity index (χ1n) is 8.38. The van der Waals surface area contributed by atoms with Crippen LogP contribution in [0.25, 0.3) is 6.08 Å². The van der Waals surface area contributed by atoms with Gasteiger partial charge in [-0.2, -0.15) is 13.2 Å². The van der Waals surface area contributed by atoms with Gasteiger partial charge in [0.05, 0.1) is 11.4 Å². The van der Waals surface area contributed by atoms with Gasteiger partial charge in [0.2, 0.25) is 16.0 Å². The van der Waals surface area contributed by atoms with Crippen LogP contribution in [0.3, 0.4) is 0 Å². The first-order valence-corrected chi connectivity index (χ1v) is 9.20. The Kier molecular flexibility index (Phi) is 6.13. The highest BCUT2D eigenvalue weighted by Crippen LogP contribution is 2.33. The van der Waals surface area contributed by atoms with Crippen molar-refractivity contribution in [2.75, 3.05) is 16.4 Å². The van der Waals surface area contributed by atoms with Gasteiger partial charge in [-0.3, -0.25) is 4.79 Å². The van der Waals surface area contributed by atoms with E-state index in [2.05, 4.69) is 20.8 Å². The number of carbonyl (C=O) groups excluding carboxylic acids is 1. The van der Waals surface area contributed by atoms with Crippen molar-refractivity contribution < 1.29 is 18.0 Å². The lowest BCUT2D eigenvalue weighted by Gasteiger charge is -2.05. The number of rotatable bonds is 6. The van der Waals surface area contributed by atoms with Gasteiger partial charge in [-0.15, -0.1) is 10.2 Å². The van der Waals surface area contributed by atoms with E-state index in [1.807, 2.05) is 0 Å². The molecular weight excluding hydrogens is 403 g/mol. The van der Waals surface area contributed by atoms with E-state index in [-0.39, 0.29) is 17.6 Å². The van der Waals surface area contributed by atoms with Crippen LogP contribution in [0, 0.1) is 0 Å². The molecule has 1 heterocycles. The summed E-state index contributed by atoms with van der Waals surface area (Å²) in [5, 5.41) is 11.2. The minimum absolute atomic E-state index is 0.0816. The number of nitrogen functional groups attached to an aromatic ring is 1. The molecule has 0 saturated heterocycles. The molecular formula is C19H16F3N5OS. The number of amides is 1. The lowest BCUT2D eigenvalue weighted by molar-refractivity contribution is -0.138. The van der Waals surface area contributed by atoms with Crippen molar-refractivity contribution in [1.29, 1.82) is 0 Å². The van der Waals surface area contributed by atoms with E-state index in [1.54, 1.807) is 54.6 Å². The SMILES string of the molecule is Nc1ccccc1NC(=O)/C=C/c1cccc(CNc2nnc(C(F)(F)F)s2)c1. The average Bonchev–Trinajstić information content (AvgIpc) is 3.17. The molecule has 0 aliphatic carbocycles. The van der Waals surface area contributed by atoms with E-state index in [4.69, 9.17) is 5.73 Å². The number of aromatic nitrogens is 2. The summed E-state index contributed by atoms with van der Waals surface area (Å²) in [4.78, 5) is 12.0. The van der Waals surface area contributed by atoms with Crippen molar-refractivity contribution in [3.8, 4) is 0 Å². The number of alkyl halides is 3. The number of nitrogens with one attached hydrogen (secondary N) is 2. The molecule has 0 bridgehead atoms. The second-order valence-corrected chi connectivity index (χ2v) is 6.90. The van der Waals surface area contributed by atoms with E-state index < -0.39 is 11.2 Å². The van der Waals surface area contributed by atoms with E-state index in [0.29, 0.717) is 22.7 Å². The van der Waals surface area contributed by atoms with Gasteiger partial charge in [0.15, 0.2) is 0 Å². The van der Waals surface area contributed by atoms with Crippen LogP contribution in [-0.2, 0) is 17.5 Å². The monoisotopic (exact) mass is 419 g/mol.